The van der Waals surface area contributed by atoms with Gasteiger partial charge >= 0.3 is 10.1 Å². The van der Waals surface area contributed by atoms with Crippen LogP contribution in [0.2, 0.25) is 5.02 Å². The molecule has 7 nitrogen and oxygen atoms in total. The molecule has 1 fully saturated rings. The number of aryl methyl sites for hydroxylation is 1. The van der Waals surface area contributed by atoms with E-state index in [1.807, 2.05) is 24.3 Å². The van der Waals surface area contributed by atoms with Gasteiger partial charge in [0.1, 0.15) is 4.90 Å². The van der Waals surface area contributed by atoms with Crippen molar-refractivity contribution in [1.82, 2.24) is 5.32 Å². The van der Waals surface area contributed by atoms with Crippen LogP contribution < -0.4 is 9.50 Å². The van der Waals surface area contributed by atoms with Crippen LogP contribution in [0.5, 0.6) is 5.75 Å². The summed E-state index contributed by atoms with van der Waals surface area (Å²) in [6.45, 7) is 3.55. The Bertz CT molecular complexity index is 1390. The fraction of sp³-hybridized carbons (Fsp3) is 0.136. The minimum atomic E-state index is -4.14. The van der Waals surface area contributed by atoms with Crippen LogP contribution in [0.4, 0.5) is 0 Å². The summed E-state index contributed by atoms with van der Waals surface area (Å²) in [5, 5.41) is 12.8. The van der Waals surface area contributed by atoms with Crippen LogP contribution in [0.1, 0.15) is 18.1 Å². The van der Waals surface area contributed by atoms with Gasteiger partial charge in [0.2, 0.25) is 5.91 Å². The van der Waals surface area contributed by atoms with E-state index in [9.17, 15) is 13.2 Å². The highest BCUT2D eigenvalue weighted by Crippen LogP contribution is 2.30. The summed E-state index contributed by atoms with van der Waals surface area (Å²) >= 11 is 7.36. The first kappa shape index (κ1) is 22.3. The number of rotatable bonds is 5. The molecular weight excluding hydrogens is 470 g/mol. The number of hydrogen-bond acceptors (Lipinski definition) is 7. The van der Waals surface area contributed by atoms with Crippen LogP contribution in [0, 0.1) is 6.92 Å². The lowest BCUT2D eigenvalue weighted by Gasteiger charge is -2.12. The van der Waals surface area contributed by atoms with Gasteiger partial charge in [-0.05, 0) is 48.4 Å². The van der Waals surface area contributed by atoms with E-state index in [-0.39, 0.29) is 21.8 Å². The van der Waals surface area contributed by atoms with E-state index in [1.54, 1.807) is 32.0 Å². The third-order valence-corrected chi connectivity index (χ3v) is 7.40. The molecule has 1 aliphatic heterocycles. The number of halogens is 1. The van der Waals surface area contributed by atoms with Crippen LogP contribution in [-0.2, 0) is 14.9 Å². The summed E-state index contributed by atoms with van der Waals surface area (Å²) in [6, 6.07) is 15.2. The summed E-state index contributed by atoms with van der Waals surface area (Å²) in [7, 11) is -4.14. The van der Waals surface area contributed by atoms with E-state index in [2.05, 4.69) is 15.5 Å². The number of carbonyl (C=O) groups excluding carboxylic acids is 1. The zero-order chi connectivity index (χ0) is 22.9. The molecule has 1 N–H and O–H groups in total. The number of fused-ring (bicyclic) bond motifs is 1. The molecule has 3 aromatic rings. The van der Waals surface area contributed by atoms with Crippen molar-refractivity contribution in [2.75, 3.05) is 0 Å². The molecule has 1 atom stereocenters. The van der Waals surface area contributed by atoms with E-state index >= 15 is 0 Å². The molecule has 32 heavy (non-hydrogen) atoms. The van der Waals surface area contributed by atoms with Gasteiger partial charge in [-0.25, -0.2) is 0 Å². The van der Waals surface area contributed by atoms with Crippen molar-refractivity contribution >= 4 is 61.5 Å². The van der Waals surface area contributed by atoms with Crippen molar-refractivity contribution in [1.29, 1.82) is 0 Å². The minimum Gasteiger partial charge on any atom is -0.378 e. The second kappa shape index (κ2) is 8.93. The highest BCUT2D eigenvalue weighted by Gasteiger charge is 2.26. The Morgan fingerprint density at radius 2 is 1.94 bits per heavy atom. The van der Waals surface area contributed by atoms with Gasteiger partial charge < -0.3 is 9.50 Å². The van der Waals surface area contributed by atoms with Gasteiger partial charge in [0.15, 0.2) is 10.9 Å². The van der Waals surface area contributed by atoms with E-state index in [1.165, 1.54) is 30.1 Å². The predicted molar refractivity (Wildman–Crippen MR) is 128 cm³/mol. The van der Waals surface area contributed by atoms with E-state index in [0.717, 1.165) is 16.3 Å². The number of carbonyl (C=O) groups is 1. The molecule has 0 saturated carbocycles. The largest absolute Gasteiger partial charge is 0.378 e. The number of amides is 1. The number of nitrogens with one attached hydrogen (secondary N) is 1. The van der Waals surface area contributed by atoms with Gasteiger partial charge in [0, 0.05) is 10.6 Å². The number of hydrogen-bond donors (Lipinski definition) is 1. The van der Waals surface area contributed by atoms with Crippen molar-refractivity contribution in [3.63, 3.8) is 0 Å². The summed E-state index contributed by atoms with van der Waals surface area (Å²) < 4.78 is 31.3. The predicted octanol–water partition coefficient (Wildman–Crippen LogP) is 4.51. The summed E-state index contributed by atoms with van der Waals surface area (Å²) in [4.78, 5) is 11.6. The Morgan fingerprint density at radius 3 is 2.66 bits per heavy atom. The molecule has 0 aliphatic carbocycles. The standard InChI is InChI=1S/C22H18ClN3O4S2/c1-13-7-9-16(11-19(13)23)32(28,29)30-20-10-8-15-5-3-4-6-17(15)18(20)12-24-26-22-25-21(27)14(2)31-22/h3-12,14H,1-2H3,(H,25,26,27)/b24-12+. The highest BCUT2D eigenvalue weighted by atomic mass is 35.5. The van der Waals surface area contributed by atoms with Crippen molar-refractivity contribution < 1.29 is 17.4 Å². The zero-order valence-electron chi connectivity index (χ0n) is 17.1. The molecule has 1 unspecified atom stereocenters. The third kappa shape index (κ3) is 4.64. The van der Waals surface area contributed by atoms with Crippen LogP contribution >= 0.6 is 23.4 Å². The third-order valence-electron chi connectivity index (χ3n) is 4.79. The SMILES string of the molecule is Cc1ccc(S(=O)(=O)Oc2ccc3ccccc3c2/C=N/N=C2\NC(=O)C(C)S2)cc1Cl. The van der Waals surface area contributed by atoms with Crippen LogP contribution in [0.15, 0.2) is 69.7 Å². The maximum absolute atomic E-state index is 12.9. The van der Waals surface area contributed by atoms with Crippen molar-refractivity contribution in [2.24, 2.45) is 10.2 Å². The monoisotopic (exact) mass is 487 g/mol. The quantitative estimate of drug-likeness (QED) is 0.324. The molecule has 0 spiro atoms. The number of amidine groups is 1. The molecule has 1 saturated heterocycles. The van der Waals surface area contributed by atoms with Crippen molar-refractivity contribution in [3.05, 3.63) is 70.7 Å². The maximum Gasteiger partial charge on any atom is 0.339 e. The molecule has 0 radical (unpaired) electrons. The Labute approximate surface area is 194 Å². The molecule has 164 valence electrons. The molecule has 0 aromatic heterocycles. The molecule has 3 aromatic carbocycles. The van der Waals surface area contributed by atoms with E-state index in [0.29, 0.717) is 15.8 Å². The summed E-state index contributed by atoms with van der Waals surface area (Å²) in [6.07, 6.45) is 1.41. The van der Waals surface area contributed by atoms with Gasteiger partial charge in [0.05, 0.1) is 11.5 Å². The Kier molecular flexibility index (Phi) is 6.23. The molecule has 10 heteroatoms. The topological polar surface area (TPSA) is 97.2 Å². The lowest BCUT2D eigenvalue weighted by atomic mass is 10.0. The smallest absolute Gasteiger partial charge is 0.339 e. The van der Waals surface area contributed by atoms with Gasteiger partial charge in [-0.2, -0.15) is 13.5 Å². The molecule has 4 rings (SSSR count). The van der Waals surface area contributed by atoms with Gasteiger partial charge in [0.25, 0.3) is 0 Å². The van der Waals surface area contributed by atoms with E-state index in [4.69, 9.17) is 15.8 Å². The van der Waals surface area contributed by atoms with Gasteiger partial charge in [-0.3, -0.25) is 4.79 Å². The van der Waals surface area contributed by atoms with Crippen molar-refractivity contribution in [3.8, 4) is 5.75 Å². The molecule has 1 aliphatic rings. The first-order chi connectivity index (χ1) is 15.2. The van der Waals surface area contributed by atoms with Gasteiger partial charge in [-0.15, -0.1) is 5.10 Å². The number of benzene rings is 3. The second-order valence-electron chi connectivity index (χ2n) is 7.05. The highest BCUT2D eigenvalue weighted by molar-refractivity contribution is 8.15. The lowest BCUT2D eigenvalue weighted by molar-refractivity contribution is -0.118. The Hall–Kier alpha value is -2.88. The van der Waals surface area contributed by atoms with Crippen LogP contribution in [-0.4, -0.2) is 31.0 Å². The lowest BCUT2D eigenvalue weighted by Crippen LogP contribution is -2.23. The second-order valence-corrected chi connectivity index (χ2v) is 10.3. The minimum absolute atomic E-state index is 0.0524. The fourth-order valence-corrected chi connectivity index (χ4v) is 5.00. The average molecular weight is 488 g/mol. The van der Waals surface area contributed by atoms with E-state index < -0.39 is 10.1 Å². The summed E-state index contributed by atoms with van der Waals surface area (Å²) in [5.74, 6) is -0.0400. The summed E-state index contributed by atoms with van der Waals surface area (Å²) in [5.41, 5.74) is 1.20. The fourth-order valence-electron chi connectivity index (χ4n) is 3.02. The molecule has 1 amide bonds. The van der Waals surface area contributed by atoms with Crippen molar-refractivity contribution in [2.45, 2.75) is 24.0 Å². The Balaban J connectivity index is 1.73. The van der Waals surface area contributed by atoms with Crippen LogP contribution in [0.3, 0.4) is 0 Å². The average Bonchev–Trinajstić information content (AvgIpc) is 3.08. The number of thioether (sulfide) groups is 1. The first-order valence-corrected chi connectivity index (χ1v) is 12.2. The maximum atomic E-state index is 12.9. The van der Waals surface area contributed by atoms with Crippen LogP contribution in [0.25, 0.3) is 10.8 Å². The number of nitrogens with zero attached hydrogens (tertiary/aromatic N) is 2. The molecule has 0 bridgehead atoms. The Morgan fingerprint density at radius 1 is 1.16 bits per heavy atom. The first-order valence-electron chi connectivity index (χ1n) is 9.55. The normalized spacial score (nSPS) is 17.9. The van der Waals surface area contributed by atoms with Gasteiger partial charge in [-0.1, -0.05) is 59.8 Å². The zero-order valence-corrected chi connectivity index (χ0v) is 19.5. The molecular formula is C22H18ClN3O4S2. The molecule has 1 heterocycles.